The smallest absolute Gasteiger partial charge is 0.335 e. The van der Waals surface area contributed by atoms with Gasteiger partial charge in [-0.1, -0.05) is 18.2 Å². The van der Waals surface area contributed by atoms with Gasteiger partial charge in [0.25, 0.3) is 0 Å². The fourth-order valence-corrected chi connectivity index (χ4v) is 3.88. The highest BCUT2D eigenvalue weighted by Gasteiger charge is 2.19. The third kappa shape index (κ3) is 2.83. The number of aromatic carboxylic acids is 1. The molecule has 0 atom stereocenters. The summed E-state index contributed by atoms with van der Waals surface area (Å²) < 4.78 is 2.24. The SMILES string of the molecule is Cc1c(CN2CCCC2)c2ccccc2n1-c1ccc(C(=O)O)cc1. The van der Waals surface area contributed by atoms with Crippen molar-refractivity contribution in [3.8, 4) is 5.69 Å². The van der Waals surface area contributed by atoms with Crippen LogP contribution < -0.4 is 0 Å². The number of para-hydroxylation sites is 1. The maximum atomic E-state index is 11.1. The first-order chi connectivity index (χ1) is 12.1. The van der Waals surface area contributed by atoms with Crippen molar-refractivity contribution in [1.82, 2.24) is 9.47 Å². The molecule has 4 rings (SSSR count). The Morgan fingerprint density at radius 1 is 1.04 bits per heavy atom. The average Bonchev–Trinajstić information content (AvgIpc) is 3.23. The van der Waals surface area contributed by atoms with Gasteiger partial charge in [-0.2, -0.15) is 0 Å². The molecule has 2 heterocycles. The molecule has 0 aliphatic carbocycles. The van der Waals surface area contributed by atoms with Crippen molar-refractivity contribution in [3.63, 3.8) is 0 Å². The Kier molecular flexibility index (Phi) is 4.06. The molecule has 1 aliphatic rings. The Balaban J connectivity index is 1.83. The lowest BCUT2D eigenvalue weighted by Crippen LogP contribution is -2.18. The van der Waals surface area contributed by atoms with Gasteiger partial charge in [0.15, 0.2) is 0 Å². The molecule has 1 N–H and O–H groups in total. The summed E-state index contributed by atoms with van der Waals surface area (Å²) in [6.45, 7) is 5.49. The van der Waals surface area contributed by atoms with Gasteiger partial charge in [0, 0.05) is 23.3 Å². The summed E-state index contributed by atoms with van der Waals surface area (Å²) in [5, 5.41) is 10.4. The van der Waals surface area contributed by atoms with Gasteiger partial charge in [0.1, 0.15) is 0 Å². The second kappa shape index (κ2) is 6.37. The van der Waals surface area contributed by atoms with E-state index < -0.39 is 5.97 Å². The molecule has 4 heteroatoms. The minimum Gasteiger partial charge on any atom is -0.478 e. The third-order valence-corrected chi connectivity index (χ3v) is 5.20. The molecule has 1 fully saturated rings. The van der Waals surface area contributed by atoms with Gasteiger partial charge in [-0.3, -0.25) is 4.90 Å². The molecule has 25 heavy (non-hydrogen) atoms. The summed E-state index contributed by atoms with van der Waals surface area (Å²) in [4.78, 5) is 13.6. The molecule has 0 saturated carbocycles. The number of nitrogens with zero attached hydrogens (tertiary/aromatic N) is 2. The summed E-state index contributed by atoms with van der Waals surface area (Å²) in [5.41, 5.74) is 5.11. The second-order valence-electron chi connectivity index (χ2n) is 6.75. The van der Waals surface area contributed by atoms with Crippen molar-refractivity contribution in [2.75, 3.05) is 13.1 Å². The number of likely N-dealkylation sites (tertiary alicyclic amines) is 1. The maximum Gasteiger partial charge on any atom is 0.335 e. The summed E-state index contributed by atoms with van der Waals surface area (Å²) >= 11 is 0. The van der Waals surface area contributed by atoms with Gasteiger partial charge in [0.2, 0.25) is 0 Å². The van der Waals surface area contributed by atoms with Crippen LogP contribution in [0.1, 0.15) is 34.5 Å². The first kappa shape index (κ1) is 15.9. The Hall–Kier alpha value is -2.59. The lowest BCUT2D eigenvalue weighted by Gasteiger charge is -2.15. The van der Waals surface area contributed by atoms with E-state index in [1.165, 1.54) is 48.1 Å². The number of hydrogen-bond donors (Lipinski definition) is 1. The number of carboxylic acids is 1. The van der Waals surface area contributed by atoms with Gasteiger partial charge >= 0.3 is 5.97 Å². The minimum atomic E-state index is -0.893. The molecule has 2 aromatic carbocycles. The van der Waals surface area contributed by atoms with Crippen LogP contribution in [0.15, 0.2) is 48.5 Å². The molecular formula is C21H22N2O2. The fourth-order valence-electron chi connectivity index (χ4n) is 3.88. The van der Waals surface area contributed by atoms with E-state index >= 15 is 0 Å². The number of fused-ring (bicyclic) bond motifs is 1. The molecule has 0 amide bonds. The zero-order chi connectivity index (χ0) is 17.4. The lowest BCUT2D eigenvalue weighted by molar-refractivity contribution is 0.0697. The van der Waals surface area contributed by atoms with Crippen LogP contribution >= 0.6 is 0 Å². The van der Waals surface area contributed by atoms with Gasteiger partial charge in [-0.15, -0.1) is 0 Å². The van der Waals surface area contributed by atoms with Crippen molar-refractivity contribution in [2.24, 2.45) is 0 Å². The Bertz CT molecular complexity index is 919. The monoisotopic (exact) mass is 334 g/mol. The van der Waals surface area contributed by atoms with Crippen molar-refractivity contribution < 1.29 is 9.90 Å². The van der Waals surface area contributed by atoms with E-state index in [0.29, 0.717) is 5.56 Å². The topological polar surface area (TPSA) is 45.5 Å². The number of hydrogen-bond acceptors (Lipinski definition) is 2. The predicted molar refractivity (Wildman–Crippen MR) is 99.5 cm³/mol. The largest absolute Gasteiger partial charge is 0.478 e. The Morgan fingerprint density at radius 2 is 1.72 bits per heavy atom. The summed E-state index contributed by atoms with van der Waals surface area (Å²) in [6.07, 6.45) is 2.57. The number of carboxylic acid groups (broad SMARTS) is 1. The number of rotatable bonds is 4. The predicted octanol–water partition coefficient (Wildman–Crippen LogP) is 4.23. The normalized spacial score (nSPS) is 15.1. The molecule has 0 spiro atoms. The highest BCUT2D eigenvalue weighted by molar-refractivity contribution is 5.89. The fraction of sp³-hybridized carbons (Fsp3) is 0.286. The molecule has 4 nitrogen and oxygen atoms in total. The maximum absolute atomic E-state index is 11.1. The van der Waals surface area contributed by atoms with E-state index in [1.54, 1.807) is 12.1 Å². The van der Waals surface area contributed by atoms with Gasteiger partial charge in [-0.05, 0) is 68.8 Å². The zero-order valence-corrected chi connectivity index (χ0v) is 14.4. The van der Waals surface area contributed by atoms with Crippen LogP contribution in [0.5, 0.6) is 0 Å². The van der Waals surface area contributed by atoms with Crippen LogP contribution in [-0.2, 0) is 6.54 Å². The quantitative estimate of drug-likeness (QED) is 0.776. The molecule has 1 saturated heterocycles. The van der Waals surface area contributed by atoms with Gasteiger partial charge in [0.05, 0.1) is 11.1 Å². The molecule has 3 aromatic rings. The van der Waals surface area contributed by atoms with Gasteiger partial charge in [-0.25, -0.2) is 4.79 Å². The first-order valence-electron chi connectivity index (χ1n) is 8.80. The van der Waals surface area contributed by atoms with E-state index in [9.17, 15) is 4.79 Å². The van der Waals surface area contributed by atoms with Crippen LogP contribution in [0.25, 0.3) is 16.6 Å². The van der Waals surface area contributed by atoms with E-state index in [2.05, 4.69) is 40.7 Å². The highest BCUT2D eigenvalue weighted by atomic mass is 16.4. The Morgan fingerprint density at radius 3 is 2.40 bits per heavy atom. The van der Waals surface area contributed by atoms with E-state index in [-0.39, 0.29) is 0 Å². The van der Waals surface area contributed by atoms with Gasteiger partial charge < -0.3 is 9.67 Å². The van der Waals surface area contributed by atoms with Crippen LogP contribution in [-0.4, -0.2) is 33.6 Å². The zero-order valence-electron chi connectivity index (χ0n) is 14.4. The highest BCUT2D eigenvalue weighted by Crippen LogP contribution is 2.31. The van der Waals surface area contributed by atoms with E-state index in [4.69, 9.17) is 5.11 Å². The molecule has 0 bridgehead atoms. The summed E-state index contributed by atoms with van der Waals surface area (Å²) in [7, 11) is 0. The Labute approximate surface area is 147 Å². The first-order valence-corrected chi connectivity index (χ1v) is 8.80. The van der Waals surface area contributed by atoms with Crippen molar-refractivity contribution in [3.05, 3.63) is 65.4 Å². The van der Waals surface area contributed by atoms with Crippen molar-refractivity contribution in [2.45, 2.75) is 26.3 Å². The molecule has 1 aromatic heterocycles. The lowest BCUT2D eigenvalue weighted by atomic mass is 10.1. The summed E-state index contributed by atoms with van der Waals surface area (Å²) in [6, 6.07) is 15.6. The molecule has 0 unspecified atom stereocenters. The summed E-state index contributed by atoms with van der Waals surface area (Å²) in [5.74, 6) is -0.893. The van der Waals surface area contributed by atoms with Crippen LogP contribution in [0.4, 0.5) is 0 Å². The van der Waals surface area contributed by atoms with Crippen LogP contribution in [0.2, 0.25) is 0 Å². The van der Waals surface area contributed by atoms with Crippen LogP contribution in [0, 0.1) is 6.92 Å². The molecular weight excluding hydrogens is 312 g/mol. The van der Waals surface area contributed by atoms with Crippen molar-refractivity contribution in [1.29, 1.82) is 0 Å². The number of benzene rings is 2. The molecule has 128 valence electrons. The van der Waals surface area contributed by atoms with Crippen LogP contribution in [0.3, 0.4) is 0 Å². The standard InChI is InChI=1S/C21H22N2O2/c1-15-19(14-22-12-4-5-13-22)18-6-2-3-7-20(18)23(15)17-10-8-16(9-11-17)21(24)25/h2-3,6-11H,4-5,12-14H2,1H3,(H,24,25). The van der Waals surface area contributed by atoms with E-state index in [1.807, 2.05) is 12.1 Å². The molecule has 0 radical (unpaired) electrons. The number of carbonyl (C=O) groups is 1. The van der Waals surface area contributed by atoms with E-state index in [0.717, 1.165) is 12.2 Å². The second-order valence-corrected chi connectivity index (χ2v) is 6.75. The minimum absolute atomic E-state index is 0.315. The number of aromatic nitrogens is 1. The van der Waals surface area contributed by atoms with Crippen molar-refractivity contribution >= 4 is 16.9 Å². The average molecular weight is 334 g/mol. The molecule has 1 aliphatic heterocycles. The third-order valence-electron chi connectivity index (χ3n) is 5.20.